The van der Waals surface area contributed by atoms with Crippen LogP contribution in [0.15, 0.2) is 0 Å². The number of nitrogens with one attached hydrogen (secondary N) is 2. The van der Waals surface area contributed by atoms with Gasteiger partial charge in [0.25, 0.3) is 0 Å². The van der Waals surface area contributed by atoms with Crippen LogP contribution < -0.4 is 21.3 Å². The van der Waals surface area contributed by atoms with Crippen molar-refractivity contribution in [2.24, 2.45) is 0 Å². The lowest BCUT2D eigenvalue weighted by Crippen LogP contribution is -2.33. The maximum atomic E-state index is 5.81. The summed E-state index contributed by atoms with van der Waals surface area (Å²) < 4.78 is 0. The molecular formula is C12H25N7Si. The Balaban J connectivity index is 2.11. The van der Waals surface area contributed by atoms with E-state index in [1.807, 2.05) is 0 Å². The molecule has 0 amide bonds. The number of hydrogen-bond donors (Lipinski definition) is 3. The summed E-state index contributed by atoms with van der Waals surface area (Å²) in [6.07, 6.45) is 2.01. The van der Waals surface area contributed by atoms with Crippen LogP contribution >= 0.6 is 0 Å². The molecule has 1 saturated heterocycles. The van der Waals surface area contributed by atoms with Crippen LogP contribution in [0.3, 0.4) is 0 Å². The zero-order valence-electron chi connectivity index (χ0n) is 12.6. The fourth-order valence-electron chi connectivity index (χ4n) is 1.99. The maximum Gasteiger partial charge on any atom is 0.231 e. The predicted octanol–water partition coefficient (Wildman–Crippen LogP) is 0.543. The van der Waals surface area contributed by atoms with Crippen LogP contribution in [0.25, 0.3) is 0 Å². The molecule has 112 valence electrons. The van der Waals surface area contributed by atoms with Crippen molar-refractivity contribution in [1.29, 1.82) is 0 Å². The van der Waals surface area contributed by atoms with E-state index in [1.54, 1.807) is 0 Å². The van der Waals surface area contributed by atoms with Gasteiger partial charge in [-0.3, -0.25) is 0 Å². The van der Waals surface area contributed by atoms with E-state index in [0.717, 1.165) is 38.8 Å². The third-order valence-corrected chi connectivity index (χ3v) is 4.28. The minimum Gasteiger partial charge on any atom is -0.368 e. The summed E-state index contributed by atoms with van der Waals surface area (Å²) in [5, 5.41) is 6.66. The molecule has 0 aromatic carbocycles. The number of nitrogens with two attached hydrogens (primary N) is 1. The Hall–Kier alpha value is -1.41. The van der Waals surface area contributed by atoms with E-state index in [1.165, 1.54) is 0 Å². The van der Waals surface area contributed by atoms with Crippen molar-refractivity contribution in [3.05, 3.63) is 0 Å². The molecule has 0 atom stereocenters. The average molecular weight is 295 g/mol. The second-order valence-corrected chi connectivity index (χ2v) is 11.8. The summed E-state index contributed by atoms with van der Waals surface area (Å²) in [6.45, 7) is 10.7. The average Bonchev–Trinajstić information content (AvgIpc) is 2.64. The van der Waals surface area contributed by atoms with Gasteiger partial charge in [0.15, 0.2) is 0 Å². The van der Waals surface area contributed by atoms with Gasteiger partial charge in [-0.1, -0.05) is 19.6 Å². The number of aromatic nitrogens is 3. The molecule has 4 N–H and O–H groups in total. The molecule has 1 aromatic rings. The largest absolute Gasteiger partial charge is 0.368 e. The fourth-order valence-corrected chi connectivity index (χ4v) is 2.68. The van der Waals surface area contributed by atoms with Crippen LogP contribution in [0.4, 0.5) is 17.8 Å². The lowest BCUT2D eigenvalue weighted by Gasteiger charge is -2.21. The molecule has 0 radical (unpaired) electrons. The Labute approximate surface area is 121 Å². The Bertz CT molecular complexity index is 438. The number of rotatable bonds is 4. The predicted molar refractivity (Wildman–Crippen MR) is 85.8 cm³/mol. The van der Waals surface area contributed by atoms with Crippen molar-refractivity contribution in [3.63, 3.8) is 0 Å². The monoisotopic (exact) mass is 295 g/mol. The number of anilines is 3. The van der Waals surface area contributed by atoms with Crippen LogP contribution in [0.5, 0.6) is 0 Å². The molecule has 0 aliphatic carbocycles. The summed E-state index contributed by atoms with van der Waals surface area (Å²) in [5.74, 6) is 1.55. The standard InChI is InChI=1S/C12H25N7Si/c1-20(2,3)9-15-11-16-10(13)17-12(18-11)19-7-4-5-14-6-8-19/h14H,4-9H2,1-3H3,(H3,13,15,16,17,18). The van der Waals surface area contributed by atoms with Crippen LogP contribution in [0, 0.1) is 0 Å². The van der Waals surface area contributed by atoms with Crippen molar-refractivity contribution < 1.29 is 0 Å². The first-order chi connectivity index (χ1) is 9.44. The first kappa shape index (κ1) is 15.0. The van der Waals surface area contributed by atoms with E-state index < -0.39 is 8.07 Å². The van der Waals surface area contributed by atoms with E-state index in [2.05, 4.69) is 50.1 Å². The molecule has 0 unspecified atom stereocenters. The molecule has 20 heavy (non-hydrogen) atoms. The number of nitrogen functional groups attached to an aromatic ring is 1. The summed E-state index contributed by atoms with van der Waals surface area (Å²) in [4.78, 5) is 15.1. The van der Waals surface area contributed by atoms with Gasteiger partial charge in [-0.25, -0.2) is 0 Å². The van der Waals surface area contributed by atoms with Gasteiger partial charge in [0, 0.05) is 25.8 Å². The summed E-state index contributed by atoms with van der Waals surface area (Å²) >= 11 is 0. The Morgan fingerprint density at radius 1 is 1.20 bits per heavy atom. The fraction of sp³-hybridized carbons (Fsp3) is 0.750. The van der Waals surface area contributed by atoms with Crippen molar-refractivity contribution in [2.45, 2.75) is 26.1 Å². The Morgan fingerprint density at radius 3 is 2.75 bits per heavy atom. The molecule has 1 aliphatic rings. The zero-order chi connectivity index (χ0) is 14.6. The molecule has 2 rings (SSSR count). The normalized spacial score (nSPS) is 16.9. The quantitative estimate of drug-likeness (QED) is 0.698. The number of nitrogens with zero attached hydrogens (tertiary/aromatic N) is 4. The highest BCUT2D eigenvalue weighted by molar-refractivity contribution is 6.76. The SMILES string of the molecule is C[Si](C)(C)CNc1nc(N)nc(N2CCCNCC2)n1. The highest BCUT2D eigenvalue weighted by Gasteiger charge is 2.16. The molecule has 0 saturated carbocycles. The van der Waals surface area contributed by atoms with Gasteiger partial charge in [-0.05, 0) is 13.0 Å². The van der Waals surface area contributed by atoms with E-state index in [4.69, 9.17) is 5.73 Å². The molecule has 2 heterocycles. The van der Waals surface area contributed by atoms with Crippen molar-refractivity contribution in [1.82, 2.24) is 20.3 Å². The molecule has 0 bridgehead atoms. The summed E-state index contributed by atoms with van der Waals surface area (Å²) in [6, 6.07) is 0. The third-order valence-electron chi connectivity index (χ3n) is 3.04. The van der Waals surface area contributed by atoms with Crippen LogP contribution in [0.2, 0.25) is 19.6 Å². The Morgan fingerprint density at radius 2 is 2.00 bits per heavy atom. The summed E-state index contributed by atoms with van der Waals surface area (Å²) in [7, 11) is -1.20. The summed E-state index contributed by atoms with van der Waals surface area (Å²) in [5.41, 5.74) is 5.81. The topological polar surface area (TPSA) is 92.0 Å². The minimum atomic E-state index is -1.20. The highest BCUT2D eigenvalue weighted by atomic mass is 28.3. The van der Waals surface area contributed by atoms with E-state index in [-0.39, 0.29) is 5.95 Å². The zero-order valence-corrected chi connectivity index (χ0v) is 13.6. The molecular weight excluding hydrogens is 270 g/mol. The molecule has 1 fully saturated rings. The van der Waals surface area contributed by atoms with Crippen LogP contribution in [0.1, 0.15) is 6.42 Å². The minimum absolute atomic E-state index is 0.283. The van der Waals surface area contributed by atoms with Gasteiger partial charge in [0.2, 0.25) is 17.8 Å². The molecule has 1 aromatic heterocycles. The second kappa shape index (κ2) is 6.36. The lowest BCUT2D eigenvalue weighted by molar-refractivity contribution is 0.724. The third kappa shape index (κ3) is 4.60. The van der Waals surface area contributed by atoms with Crippen molar-refractivity contribution in [3.8, 4) is 0 Å². The van der Waals surface area contributed by atoms with Crippen LogP contribution in [-0.4, -0.2) is 55.4 Å². The van der Waals surface area contributed by atoms with Gasteiger partial charge < -0.3 is 21.3 Å². The van der Waals surface area contributed by atoms with Crippen LogP contribution in [-0.2, 0) is 0 Å². The van der Waals surface area contributed by atoms with Gasteiger partial charge in [-0.15, -0.1) is 0 Å². The molecule has 8 heteroatoms. The molecule has 7 nitrogen and oxygen atoms in total. The van der Waals surface area contributed by atoms with Gasteiger partial charge in [0.05, 0.1) is 8.07 Å². The van der Waals surface area contributed by atoms with Crippen molar-refractivity contribution >= 4 is 25.9 Å². The van der Waals surface area contributed by atoms with Gasteiger partial charge in [0.1, 0.15) is 0 Å². The maximum absolute atomic E-state index is 5.81. The smallest absolute Gasteiger partial charge is 0.231 e. The lowest BCUT2D eigenvalue weighted by atomic mass is 10.4. The highest BCUT2D eigenvalue weighted by Crippen LogP contribution is 2.13. The first-order valence-electron chi connectivity index (χ1n) is 7.15. The Kier molecular flexibility index (Phi) is 4.76. The van der Waals surface area contributed by atoms with Crippen molar-refractivity contribution in [2.75, 3.05) is 48.3 Å². The van der Waals surface area contributed by atoms with Gasteiger partial charge >= 0.3 is 0 Å². The van der Waals surface area contributed by atoms with E-state index >= 15 is 0 Å². The molecule has 0 spiro atoms. The second-order valence-electron chi connectivity index (χ2n) is 6.32. The number of hydrogen-bond acceptors (Lipinski definition) is 7. The van der Waals surface area contributed by atoms with E-state index in [9.17, 15) is 0 Å². The van der Waals surface area contributed by atoms with Gasteiger partial charge in [-0.2, -0.15) is 15.0 Å². The van der Waals surface area contributed by atoms with E-state index in [0.29, 0.717) is 11.9 Å². The molecule has 1 aliphatic heterocycles. The first-order valence-corrected chi connectivity index (χ1v) is 10.9.